The van der Waals surface area contributed by atoms with E-state index in [0.717, 1.165) is 65.9 Å². The number of rotatable bonds is 5. The van der Waals surface area contributed by atoms with Crippen molar-refractivity contribution in [3.63, 3.8) is 0 Å². The minimum absolute atomic E-state index is 0.564. The number of hydrogen-bond donors (Lipinski definition) is 0. The van der Waals surface area contributed by atoms with E-state index >= 15 is 0 Å². The number of furan rings is 1. The summed E-state index contributed by atoms with van der Waals surface area (Å²) in [6.45, 7) is 0. The van der Waals surface area contributed by atoms with Crippen molar-refractivity contribution in [1.82, 2.24) is 15.0 Å². The van der Waals surface area contributed by atoms with Gasteiger partial charge in [0.25, 0.3) is 0 Å². The van der Waals surface area contributed by atoms with Gasteiger partial charge in [0.2, 0.25) is 0 Å². The molecule has 0 aliphatic carbocycles. The van der Waals surface area contributed by atoms with Gasteiger partial charge < -0.3 is 4.42 Å². The summed E-state index contributed by atoms with van der Waals surface area (Å²) >= 11 is 0. The van der Waals surface area contributed by atoms with Gasteiger partial charge in [-0.1, -0.05) is 158 Å². The first-order valence-electron chi connectivity index (χ1n) is 17.1. The van der Waals surface area contributed by atoms with Crippen molar-refractivity contribution < 1.29 is 4.42 Å². The zero-order valence-corrected chi connectivity index (χ0v) is 27.5. The van der Waals surface area contributed by atoms with E-state index in [1.165, 1.54) is 16.5 Å². The van der Waals surface area contributed by atoms with Crippen LogP contribution < -0.4 is 0 Å². The van der Waals surface area contributed by atoms with Crippen LogP contribution >= 0.6 is 0 Å². The minimum Gasteiger partial charge on any atom is -0.455 e. The molecule has 0 radical (unpaired) electrons. The highest BCUT2D eigenvalue weighted by atomic mass is 16.3. The molecule has 0 saturated carbocycles. The van der Waals surface area contributed by atoms with Gasteiger partial charge in [0, 0.05) is 27.3 Å². The molecule has 4 nitrogen and oxygen atoms in total. The van der Waals surface area contributed by atoms with Crippen LogP contribution in [0.25, 0.3) is 99.9 Å². The largest absolute Gasteiger partial charge is 0.455 e. The Morgan fingerprint density at radius 3 is 1.75 bits per heavy atom. The molecule has 2 aromatic heterocycles. The molecule has 0 N–H and O–H groups in total. The van der Waals surface area contributed by atoms with E-state index in [-0.39, 0.29) is 0 Å². The molecule has 0 amide bonds. The predicted octanol–water partition coefficient (Wildman–Crippen LogP) is 12.4. The molecule has 238 valence electrons. The fourth-order valence-electron chi connectivity index (χ4n) is 7.24. The highest BCUT2D eigenvalue weighted by Gasteiger charge is 2.19. The molecule has 0 aliphatic heterocycles. The molecular formula is C47H29N3O. The lowest BCUT2D eigenvalue weighted by Gasteiger charge is -2.13. The second-order valence-corrected chi connectivity index (χ2v) is 12.8. The van der Waals surface area contributed by atoms with E-state index < -0.39 is 0 Å². The number of nitrogens with zero attached hydrogens (tertiary/aromatic N) is 3. The van der Waals surface area contributed by atoms with E-state index in [4.69, 9.17) is 19.4 Å². The number of benzene rings is 8. The summed E-state index contributed by atoms with van der Waals surface area (Å²) in [5.41, 5.74) is 8.88. The first-order chi connectivity index (χ1) is 25.3. The second kappa shape index (κ2) is 11.9. The van der Waals surface area contributed by atoms with Gasteiger partial charge in [-0.2, -0.15) is 0 Å². The Kier molecular flexibility index (Phi) is 6.78. The highest BCUT2D eigenvalue weighted by molar-refractivity contribution is 6.14. The van der Waals surface area contributed by atoms with Gasteiger partial charge in [-0.15, -0.1) is 0 Å². The quantitative estimate of drug-likeness (QED) is 0.174. The molecule has 0 fully saturated rings. The molecule has 0 bridgehead atoms. The van der Waals surface area contributed by atoms with Gasteiger partial charge >= 0.3 is 0 Å². The van der Waals surface area contributed by atoms with Crippen molar-refractivity contribution in [2.75, 3.05) is 0 Å². The SMILES string of the molecule is c1ccc(-c2ccc(-c3cccc(-c4nc(-c5cccc6c5oc5ccccc56)nc(-c5cccc6ccc7ccccc7c56)n4)c3)cc2)cc1. The summed E-state index contributed by atoms with van der Waals surface area (Å²) in [5, 5.41) is 6.68. The first kappa shape index (κ1) is 29.0. The van der Waals surface area contributed by atoms with E-state index in [2.05, 4.69) is 140 Å². The molecule has 51 heavy (non-hydrogen) atoms. The maximum Gasteiger partial charge on any atom is 0.167 e. The maximum atomic E-state index is 6.48. The summed E-state index contributed by atoms with van der Waals surface area (Å²) < 4.78 is 6.48. The van der Waals surface area contributed by atoms with Crippen LogP contribution in [0.1, 0.15) is 0 Å². The van der Waals surface area contributed by atoms with Crippen molar-refractivity contribution in [3.05, 3.63) is 176 Å². The minimum atomic E-state index is 0.564. The fraction of sp³-hybridized carbons (Fsp3) is 0. The summed E-state index contributed by atoms with van der Waals surface area (Å²) in [7, 11) is 0. The highest BCUT2D eigenvalue weighted by Crippen LogP contribution is 2.38. The normalized spacial score (nSPS) is 11.5. The smallest absolute Gasteiger partial charge is 0.167 e. The van der Waals surface area contributed by atoms with Gasteiger partial charge in [0.1, 0.15) is 11.2 Å². The number of para-hydroxylation sites is 2. The Bertz CT molecular complexity index is 2910. The van der Waals surface area contributed by atoms with Crippen molar-refractivity contribution in [3.8, 4) is 56.4 Å². The first-order valence-corrected chi connectivity index (χ1v) is 17.1. The van der Waals surface area contributed by atoms with Gasteiger partial charge in [0.05, 0.1) is 5.56 Å². The Hall–Kier alpha value is -6.91. The predicted molar refractivity (Wildman–Crippen MR) is 209 cm³/mol. The summed E-state index contributed by atoms with van der Waals surface area (Å²) in [5.74, 6) is 1.78. The van der Waals surface area contributed by atoms with Gasteiger partial charge in [-0.05, 0) is 56.6 Å². The molecule has 4 heteroatoms. The Labute approximate surface area is 294 Å². The van der Waals surface area contributed by atoms with Crippen LogP contribution in [0.2, 0.25) is 0 Å². The molecule has 0 spiro atoms. The van der Waals surface area contributed by atoms with Crippen LogP contribution in [0, 0.1) is 0 Å². The third-order valence-electron chi connectivity index (χ3n) is 9.74. The van der Waals surface area contributed by atoms with Gasteiger partial charge in [-0.25, -0.2) is 15.0 Å². The van der Waals surface area contributed by atoms with Crippen LogP contribution in [0.3, 0.4) is 0 Å². The lowest BCUT2D eigenvalue weighted by atomic mass is 9.97. The lowest BCUT2D eigenvalue weighted by Crippen LogP contribution is -2.01. The lowest BCUT2D eigenvalue weighted by molar-refractivity contribution is 0.669. The van der Waals surface area contributed by atoms with Crippen molar-refractivity contribution >= 4 is 43.5 Å². The van der Waals surface area contributed by atoms with E-state index in [0.29, 0.717) is 17.5 Å². The van der Waals surface area contributed by atoms with E-state index in [1.54, 1.807) is 0 Å². The molecule has 10 aromatic rings. The Balaban J connectivity index is 1.18. The third kappa shape index (κ3) is 5.04. The molecule has 10 rings (SSSR count). The summed E-state index contributed by atoms with van der Waals surface area (Å²) in [4.78, 5) is 15.6. The maximum absolute atomic E-state index is 6.48. The topological polar surface area (TPSA) is 51.8 Å². The Morgan fingerprint density at radius 2 is 0.882 bits per heavy atom. The van der Waals surface area contributed by atoms with Crippen molar-refractivity contribution in [1.29, 1.82) is 0 Å². The average molecular weight is 652 g/mol. The fourth-order valence-corrected chi connectivity index (χ4v) is 7.24. The second-order valence-electron chi connectivity index (χ2n) is 12.8. The van der Waals surface area contributed by atoms with Gasteiger partial charge in [-0.3, -0.25) is 0 Å². The number of hydrogen-bond acceptors (Lipinski definition) is 4. The van der Waals surface area contributed by atoms with E-state index in [9.17, 15) is 0 Å². The summed E-state index contributed by atoms with van der Waals surface area (Å²) in [6, 6.07) is 61.1. The van der Waals surface area contributed by atoms with Crippen LogP contribution in [0.5, 0.6) is 0 Å². The molecule has 0 saturated heterocycles. The zero-order valence-electron chi connectivity index (χ0n) is 27.5. The third-order valence-corrected chi connectivity index (χ3v) is 9.74. The van der Waals surface area contributed by atoms with Crippen molar-refractivity contribution in [2.45, 2.75) is 0 Å². The van der Waals surface area contributed by atoms with Gasteiger partial charge in [0.15, 0.2) is 17.5 Å². The number of aromatic nitrogens is 3. The zero-order chi connectivity index (χ0) is 33.7. The standard InChI is InChI=1S/C47H29N3O/c1-2-11-30(12-3-1)31-23-25-32(26-24-31)35-15-8-16-36(29-35)45-48-46(40-20-9-14-34-28-27-33-13-4-5-17-37(33)43(34)40)50-47(49-45)41-21-10-19-39-38-18-6-7-22-42(38)51-44(39)41/h1-29H. The molecule has 8 aromatic carbocycles. The van der Waals surface area contributed by atoms with Crippen LogP contribution in [0.15, 0.2) is 180 Å². The number of fused-ring (bicyclic) bond motifs is 6. The monoisotopic (exact) mass is 651 g/mol. The molecule has 0 aliphatic rings. The average Bonchev–Trinajstić information content (AvgIpc) is 3.60. The van der Waals surface area contributed by atoms with Crippen LogP contribution in [-0.4, -0.2) is 15.0 Å². The van der Waals surface area contributed by atoms with Crippen LogP contribution in [0.4, 0.5) is 0 Å². The van der Waals surface area contributed by atoms with E-state index in [1.807, 2.05) is 36.4 Å². The molecule has 0 unspecified atom stereocenters. The molecule has 0 atom stereocenters. The molecule has 2 heterocycles. The van der Waals surface area contributed by atoms with Crippen molar-refractivity contribution in [2.24, 2.45) is 0 Å². The van der Waals surface area contributed by atoms with Crippen LogP contribution in [-0.2, 0) is 0 Å². The molecular weight excluding hydrogens is 623 g/mol. The summed E-state index contributed by atoms with van der Waals surface area (Å²) in [6.07, 6.45) is 0. The Morgan fingerprint density at radius 1 is 0.333 bits per heavy atom.